The zero-order valence-electron chi connectivity index (χ0n) is 13.9. The average molecular weight is 317 g/mol. The molecule has 2 aliphatic heterocycles. The highest BCUT2D eigenvalue weighted by Gasteiger charge is 2.30. The molecular weight excluding hydrogens is 290 g/mol. The topological polar surface area (TPSA) is 55.8 Å². The van der Waals surface area contributed by atoms with E-state index in [-0.39, 0.29) is 0 Å². The molecule has 1 atom stereocenters. The van der Waals surface area contributed by atoms with Crippen LogP contribution in [0.25, 0.3) is 0 Å². The molecule has 5 nitrogen and oxygen atoms in total. The van der Waals surface area contributed by atoms with Crippen molar-refractivity contribution in [1.29, 1.82) is 0 Å². The highest BCUT2D eigenvalue weighted by Crippen LogP contribution is 2.24. The molecule has 2 aliphatic rings. The van der Waals surface area contributed by atoms with E-state index in [1.165, 1.54) is 24.1 Å². The van der Waals surface area contributed by atoms with Gasteiger partial charge in [-0.1, -0.05) is 18.2 Å². The summed E-state index contributed by atoms with van der Waals surface area (Å²) in [5.74, 6) is 0. The van der Waals surface area contributed by atoms with Gasteiger partial charge in [-0.05, 0) is 50.8 Å². The maximum atomic E-state index is 11.0. The molecule has 0 saturated carbocycles. The lowest BCUT2D eigenvalue weighted by atomic mass is 9.97. The van der Waals surface area contributed by atoms with E-state index in [0.717, 1.165) is 25.9 Å². The Kier molecular flexibility index (Phi) is 5.06. The van der Waals surface area contributed by atoms with Crippen LogP contribution in [0.4, 0.5) is 10.5 Å². The molecule has 1 aromatic carbocycles. The Balaban J connectivity index is 1.54. The van der Waals surface area contributed by atoms with E-state index in [1.54, 1.807) is 4.90 Å². The Morgan fingerprint density at radius 3 is 2.61 bits per heavy atom. The third-order valence-corrected chi connectivity index (χ3v) is 5.21. The minimum absolute atomic E-state index is 0.488. The van der Waals surface area contributed by atoms with Gasteiger partial charge in [0.2, 0.25) is 0 Å². The van der Waals surface area contributed by atoms with Gasteiger partial charge in [-0.3, -0.25) is 4.90 Å². The Morgan fingerprint density at radius 2 is 1.91 bits per heavy atom. The monoisotopic (exact) mass is 317 g/mol. The molecule has 1 aromatic rings. The third kappa shape index (κ3) is 3.96. The van der Waals surface area contributed by atoms with E-state index in [2.05, 4.69) is 41.4 Å². The van der Waals surface area contributed by atoms with Crippen LogP contribution < -0.4 is 5.32 Å². The highest BCUT2D eigenvalue weighted by molar-refractivity contribution is 5.65. The molecule has 0 aromatic heterocycles. The number of carbonyl (C=O) groups is 1. The molecule has 2 saturated heterocycles. The van der Waals surface area contributed by atoms with Crippen LogP contribution in [0.1, 0.15) is 31.2 Å². The molecule has 2 fully saturated rings. The maximum Gasteiger partial charge on any atom is 0.407 e. The average Bonchev–Trinajstić information content (AvgIpc) is 2.57. The Morgan fingerprint density at radius 1 is 1.17 bits per heavy atom. The van der Waals surface area contributed by atoms with Crippen LogP contribution >= 0.6 is 0 Å². The Labute approximate surface area is 138 Å². The first-order valence-corrected chi connectivity index (χ1v) is 8.67. The molecule has 1 unspecified atom stereocenters. The number of benzene rings is 1. The number of amides is 1. The van der Waals surface area contributed by atoms with E-state index >= 15 is 0 Å². The van der Waals surface area contributed by atoms with E-state index in [4.69, 9.17) is 5.11 Å². The van der Waals surface area contributed by atoms with Gasteiger partial charge in [0.05, 0.1) is 0 Å². The molecule has 0 bridgehead atoms. The fourth-order valence-corrected chi connectivity index (χ4v) is 3.83. The Hall–Kier alpha value is -1.75. The number of rotatable bonds is 3. The smallest absolute Gasteiger partial charge is 0.407 e. The number of hydrogen-bond acceptors (Lipinski definition) is 3. The van der Waals surface area contributed by atoms with E-state index in [9.17, 15) is 4.79 Å². The standard InChI is InChI=1S/C18H27N3O2/c1-14-5-2-3-7-17(14)19-15-6-4-10-21(13-15)16-8-11-20(12-9-16)18(22)23/h2-3,5,7,15-16,19H,4,6,8-13H2,1H3,(H,22,23). The maximum absolute atomic E-state index is 11.0. The van der Waals surface area contributed by atoms with Gasteiger partial charge in [-0.2, -0.15) is 0 Å². The van der Waals surface area contributed by atoms with Crippen molar-refractivity contribution >= 4 is 11.8 Å². The lowest BCUT2D eigenvalue weighted by molar-refractivity contribution is 0.0819. The number of nitrogens with zero attached hydrogens (tertiary/aromatic N) is 2. The first-order chi connectivity index (χ1) is 11.1. The molecule has 3 rings (SSSR count). The highest BCUT2D eigenvalue weighted by atomic mass is 16.4. The fraction of sp³-hybridized carbons (Fsp3) is 0.611. The second kappa shape index (κ2) is 7.21. The second-order valence-corrected chi connectivity index (χ2v) is 6.79. The summed E-state index contributed by atoms with van der Waals surface area (Å²) in [6, 6.07) is 9.47. The van der Waals surface area contributed by atoms with Crippen molar-refractivity contribution in [3.8, 4) is 0 Å². The fourth-order valence-electron chi connectivity index (χ4n) is 3.83. The zero-order valence-corrected chi connectivity index (χ0v) is 13.9. The molecule has 2 N–H and O–H groups in total. The van der Waals surface area contributed by atoms with E-state index < -0.39 is 6.09 Å². The summed E-state index contributed by atoms with van der Waals surface area (Å²) in [6.07, 6.45) is 3.56. The summed E-state index contributed by atoms with van der Waals surface area (Å²) in [5, 5.41) is 12.8. The van der Waals surface area contributed by atoms with E-state index in [0.29, 0.717) is 25.2 Å². The van der Waals surface area contributed by atoms with Crippen molar-refractivity contribution in [3.05, 3.63) is 29.8 Å². The van der Waals surface area contributed by atoms with Gasteiger partial charge < -0.3 is 15.3 Å². The summed E-state index contributed by atoms with van der Waals surface area (Å²) in [6.45, 7) is 5.69. The number of hydrogen-bond donors (Lipinski definition) is 2. The first-order valence-electron chi connectivity index (χ1n) is 8.67. The van der Waals surface area contributed by atoms with Crippen LogP contribution in [0.2, 0.25) is 0 Å². The number of likely N-dealkylation sites (tertiary alicyclic amines) is 2. The summed E-state index contributed by atoms with van der Waals surface area (Å²) >= 11 is 0. The van der Waals surface area contributed by atoms with Crippen molar-refractivity contribution in [2.75, 3.05) is 31.5 Å². The number of aryl methyl sites for hydroxylation is 1. The zero-order chi connectivity index (χ0) is 16.2. The first kappa shape index (κ1) is 16.1. The molecule has 0 aliphatic carbocycles. The molecule has 1 amide bonds. The summed E-state index contributed by atoms with van der Waals surface area (Å²) in [7, 11) is 0. The molecule has 0 spiro atoms. The van der Waals surface area contributed by atoms with Crippen LogP contribution in [-0.4, -0.2) is 59.3 Å². The third-order valence-electron chi connectivity index (χ3n) is 5.21. The molecule has 0 radical (unpaired) electrons. The Bertz CT molecular complexity index is 541. The number of anilines is 1. The summed E-state index contributed by atoms with van der Waals surface area (Å²) < 4.78 is 0. The SMILES string of the molecule is Cc1ccccc1NC1CCCN(C2CCN(C(=O)O)CC2)C1. The lowest BCUT2D eigenvalue weighted by Crippen LogP contribution is -2.51. The number of para-hydroxylation sites is 1. The minimum atomic E-state index is -0.777. The van der Waals surface area contributed by atoms with Gasteiger partial charge in [0.1, 0.15) is 0 Å². The van der Waals surface area contributed by atoms with Gasteiger partial charge in [0, 0.05) is 37.4 Å². The van der Waals surface area contributed by atoms with Crippen molar-refractivity contribution in [3.63, 3.8) is 0 Å². The number of carboxylic acid groups (broad SMARTS) is 1. The van der Waals surface area contributed by atoms with Gasteiger partial charge >= 0.3 is 6.09 Å². The van der Waals surface area contributed by atoms with Gasteiger partial charge in [-0.25, -0.2) is 4.79 Å². The normalized spacial score (nSPS) is 23.7. The molecule has 2 heterocycles. The van der Waals surface area contributed by atoms with Crippen molar-refractivity contribution in [1.82, 2.24) is 9.80 Å². The van der Waals surface area contributed by atoms with Crippen LogP contribution in [-0.2, 0) is 0 Å². The molecular formula is C18H27N3O2. The molecule has 23 heavy (non-hydrogen) atoms. The minimum Gasteiger partial charge on any atom is -0.465 e. The predicted octanol–water partition coefficient (Wildman–Crippen LogP) is 3.01. The van der Waals surface area contributed by atoms with Crippen molar-refractivity contribution < 1.29 is 9.90 Å². The van der Waals surface area contributed by atoms with Crippen LogP contribution in [0.5, 0.6) is 0 Å². The van der Waals surface area contributed by atoms with Crippen LogP contribution in [0.3, 0.4) is 0 Å². The van der Waals surface area contributed by atoms with Crippen molar-refractivity contribution in [2.45, 2.75) is 44.7 Å². The van der Waals surface area contributed by atoms with Gasteiger partial charge in [0.15, 0.2) is 0 Å². The summed E-state index contributed by atoms with van der Waals surface area (Å²) in [4.78, 5) is 15.1. The number of nitrogens with one attached hydrogen (secondary N) is 1. The number of piperidine rings is 2. The molecule has 5 heteroatoms. The van der Waals surface area contributed by atoms with E-state index in [1.807, 2.05) is 0 Å². The quantitative estimate of drug-likeness (QED) is 0.900. The largest absolute Gasteiger partial charge is 0.465 e. The molecule has 126 valence electrons. The lowest BCUT2D eigenvalue weighted by Gasteiger charge is -2.42. The van der Waals surface area contributed by atoms with Crippen LogP contribution in [0, 0.1) is 6.92 Å². The van der Waals surface area contributed by atoms with Gasteiger partial charge in [-0.15, -0.1) is 0 Å². The summed E-state index contributed by atoms with van der Waals surface area (Å²) in [5.41, 5.74) is 2.53. The van der Waals surface area contributed by atoms with Crippen LogP contribution in [0.15, 0.2) is 24.3 Å². The van der Waals surface area contributed by atoms with Crippen molar-refractivity contribution in [2.24, 2.45) is 0 Å². The predicted molar refractivity (Wildman–Crippen MR) is 92.0 cm³/mol. The second-order valence-electron chi connectivity index (χ2n) is 6.79. The van der Waals surface area contributed by atoms with Gasteiger partial charge in [0.25, 0.3) is 0 Å².